The number of carbonyl (C=O) groups is 1. The largest absolute Gasteiger partial charge is 0.504 e. The number of Topliss-reactive ketones (excluding diaryl/α,β-unsaturated/α-hetero) is 1. The standard InChI is InChI=1S/C23H20N2O4/c1-28-19-10-14(7-8-17(19)26)21-16(12-24)23(25)29-20-11-15(9-18(27)22(20)21)13-5-3-2-4-6-13/h2-8,10,15,21,26H,9,11,25H2,1H3/t15-,21-/m0/s1. The van der Waals surface area contributed by atoms with Crippen LogP contribution in [0.15, 0.2) is 71.3 Å². The van der Waals surface area contributed by atoms with Gasteiger partial charge in [-0.05, 0) is 29.2 Å². The van der Waals surface area contributed by atoms with Crippen LogP contribution >= 0.6 is 0 Å². The van der Waals surface area contributed by atoms with Crippen LogP contribution in [0.2, 0.25) is 0 Å². The molecule has 4 rings (SSSR count). The van der Waals surface area contributed by atoms with E-state index in [4.69, 9.17) is 15.2 Å². The highest BCUT2D eigenvalue weighted by Gasteiger charge is 2.41. The van der Waals surface area contributed by atoms with E-state index >= 15 is 0 Å². The molecule has 6 nitrogen and oxygen atoms in total. The van der Waals surface area contributed by atoms with E-state index in [2.05, 4.69) is 6.07 Å². The van der Waals surface area contributed by atoms with Crippen molar-refractivity contribution in [1.29, 1.82) is 5.26 Å². The van der Waals surface area contributed by atoms with E-state index in [1.807, 2.05) is 30.3 Å². The Bertz CT molecular complexity index is 1080. The van der Waals surface area contributed by atoms with Crippen LogP contribution in [0.5, 0.6) is 11.5 Å². The fraction of sp³-hybridized carbons (Fsp3) is 0.217. The first kappa shape index (κ1) is 18.6. The molecule has 29 heavy (non-hydrogen) atoms. The molecule has 0 amide bonds. The average Bonchev–Trinajstić information content (AvgIpc) is 2.73. The summed E-state index contributed by atoms with van der Waals surface area (Å²) in [6.45, 7) is 0. The zero-order valence-corrected chi connectivity index (χ0v) is 15.9. The van der Waals surface area contributed by atoms with Crippen LogP contribution in [-0.4, -0.2) is 18.0 Å². The Kier molecular flexibility index (Phi) is 4.73. The normalized spacial score (nSPS) is 21.3. The number of hydrogen-bond acceptors (Lipinski definition) is 6. The number of nitrogens with two attached hydrogens (primary N) is 1. The maximum atomic E-state index is 13.2. The first-order chi connectivity index (χ1) is 14.0. The van der Waals surface area contributed by atoms with E-state index < -0.39 is 5.92 Å². The van der Waals surface area contributed by atoms with Gasteiger partial charge in [0, 0.05) is 18.4 Å². The van der Waals surface area contributed by atoms with Crippen LogP contribution in [0.25, 0.3) is 0 Å². The Hall–Kier alpha value is -3.72. The molecular formula is C23H20N2O4. The lowest BCUT2D eigenvalue weighted by Gasteiger charge is -2.34. The molecule has 0 radical (unpaired) electrons. The highest BCUT2D eigenvalue weighted by atomic mass is 16.5. The molecule has 1 aliphatic carbocycles. The maximum Gasteiger partial charge on any atom is 0.205 e. The second-order valence-electron chi connectivity index (χ2n) is 7.13. The lowest BCUT2D eigenvalue weighted by atomic mass is 9.73. The van der Waals surface area contributed by atoms with Gasteiger partial charge in [0.05, 0.1) is 13.0 Å². The molecule has 146 valence electrons. The third kappa shape index (κ3) is 3.21. The monoisotopic (exact) mass is 388 g/mol. The van der Waals surface area contributed by atoms with Crippen molar-refractivity contribution < 1.29 is 19.4 Å². The summed E-state index contributed by atoms with van der Waals surface area (Å²) in [4.78, 5) is 13.2. The summed E-state index contributed by atoms with van der Waals surface area (Å²) in [6, 6.07) is 16.7. The summed E-state index contributed by atoms with van der Waals surface area (Å²) < 4.78 is 11.0. The molecule has 0 saturated heterocycles. The van der Waals surface area contributed by atoms with E-state index in [1.165, 1.54) is 13.2 Å². The first-order valence-electron chi connectivity index (χ1n) is 9.29. The van der Waals surface area contributed by atoms with Crippen LogP contribution in [-0.2, 0) is 9.53 Å². The molecule has 0 unspecified atom stereocenters. The minimum Gasteiger partial charge on any atom is -0.504 e. The minimum atomic E-state index is -0.650. The molecule has 2 aliphatic rings. The summed E-state index contributed by atoms with van der Waals surface area (Å²) in [7, 11) is 1.44. The molecular weight excluding hydrogens is 368 g/mol. The van der Waals surface area contributed by atoms with Gasteiger partial charge in [-0.25, -0.2) is 0 Å². The van der Waals surface area contributed by atoms with E-state index in [0.29, 0.717) is 29.7 Å². The molecule has 3 N–H and O–H groups in total. The van der Waals surface area contributed by atoms with Crippen molar-refractivity contribution in [3.63, 3.8) is 0 Å². The fourth-order valence-corrected chi connectivity index (χ4v) is 4.08. The van der Waals surface area contributed by atoms with E-state index in [1.54, 1.807) is 12.1 Å². The topological polar surface area (TPSA) is 106 Å². The molecule has 1 aliphatic heterocycles. The predicted octanol–water partition coefficient (Wildman–Crippen LogP) is 3.61. The SMILES string of the molecule is COc1cc([C@H]2C(C#N)=C(N)OC3=C2C(=O)C[C@H](c2ccccc2)C3)ccc1O. The molecule has 0 saturated carbocycles. The van der Waals surface area contributed by atoms with Crippen LogP contribution in [0.4, 0.5) is 0 Å². The summed E-state index contributed by atoms with van der Waals surface area (Å²) in [6.07, 6.45) is 0.854. The Morgan fingerprint density at radius 2 is 1.93 bits per heavy atom. The molecule has 6 heteroatoms. The number of hydrogen-bond donors (Lipinski definition) is 2. The fourth-order valence-electron chi connectivity index (χ4n) is 4.08. The Labute approximate surface area is 168 Å². The summed E-state index contributed by atoms with van der Waals surface area (Å²) in [5.74, 6) is 0.0201. The van der Waals surface area contributed by atoms with Crippen LogP contribution in [0.3, 0.4) is 0 Å². The maximum absolute atomic E-state index is 13.2. The van der Waals surface area contributed by atoms with Crippen molar-refractivity contribution in [2.45, 2.75) is 24.7 Å². The number of ether oxygens (including phenoxy) is 2. The van der Waals surface area contributed by atoms with Crippen molar-refractivity contribution in [3.05, 3.63) is 82.4 Å². The van der Waals surface area contributed by atoms with Crippen molar-refractivity contribution in [2.75, 3.05) is 7.11 Å². The zero-order chi connectivity index (χ0) is 20.5. The minimum absolute atomic E-state index is 0.00445. The third-order valence-corrected chi connectivity index (χ3v) is 5.47. The second-order valence-corrected chi connectivity index (χ2v) is 7.13. The van der Waals surface area contributed by atoms with Gasteiger partial charge in [0.15, 0.2) is 17.3 Å². The number of rotatable bonds is 3. The highest BCUT2D eigenvalue weighted by molar-refractivity contribution is 6.00. The van der Waals surface area contributed by atoms with Gasteiger partial charge < -0.3 is 20.3 Å². The molecule has 0 fully saturated rings. The Morgan fingerprint density at radius 1 is 1.17 bits per heavy atom. The molecule has 2 aromatic carbocycles. The highest BCUT2D eigenvalue weighted by Crippen LogP contribution is 2.47. The van der Waals surface area contributed by atoms with Crippen molar-refractivity contribution in [1.82, 2.24) is 0 Å². The number of methoxy groups -OCH3 is 1. The second kappa shape index (κ2) is 7.36. The number of phenolic OH excluding ortho intramolecular Hbond substituents is 1. The van der Waals surface area contributed by atoms with E-state index in [0.717, 1.165) is 5.56 Å². The number of allylic oxidation sites excluding steroid dienone is 3. The summed E-state index contributed by atoms with van der Waals surface area (Å²) in [5, 5.41) is 19.6. The van der Waals surface area contributed by atoms with Gasteiger partial charge >= 0.3 is 0 Å². The predicted molar refractivity (Wildman–Crippen MR) is 106 cm³/mol. The van der Waals surface area contributed by atoms with Crippen molar-refractivity contribution in [3.8, 4) is 17.6 Å². The number of carbonyl (C=O) groups excluding carboxylic acids is 1. The van der Waals surface area contributed by atoms with Gasteiger partial charge in [0.25, 0.3) is 0 Å². The number of benzene rings is 2. The van der Waals surface area contributed by atoms with Gasteiger partial charge in [-0.15, -0.1) is 0 Å². The number of ketones is 1. The van der Waals surface area contributed by atoms with Gasteiger partial charge in [-0.2, -0.15) is 5.26 Å². The van der Waals surface area contributed by atoms with Gasteiger partial charge in [0.1, 0.15) is 17.4 Å². The molecule has 0 bridgehead atoms. The van der Waals surface area contributed by atoms with Crippen molar-refractivity contribution >= 4 is 5.78 Å². The van der Waals surface area contributed by atoms with Crippen LogP contribution in [0.1, 0.15) is 35.8 Å². The number of nitrogens with zero attached hydrogens (tertiary/aromatic N) is 1. The summed E-state index contributed by atoms with van der Waals surface area (Å²) in [5.41, 5.74) is 8.40. The lowest BCUT2D eigenvalue weighted by molar-refractivity contribution is -0.117. The lowest BCUT2D eigenvalue weighted by Crippen LogP contribution is -2.29. The van der Waals surface area contributed by atoms with Crippen LogP contribution < -0.4 is 10.5 Å². The summed E-state index contributed by atoms with van der Waals surface area (Å²) >= 11 is 0. The molecule has 0 spiro atoms. The molecule has 1 heterocycles. The first-order valence-corrected chi connectivity index (χ1v) is 9.29. The smallest absolute Gasteiger partial charge is 0.205 e. The third-order valence-electron chi connectivity index (χ3n) is 5.47. The van der Waals surface area contributed by atoms with Crippen molar-refractivity contribution in [2.24, 2.45) is 5.73 Å². The van der Waals surface area contributed by atoms with Gasteiger partial charge in [-0.3, -0.25) is 4.79 Å². The molecule has 0 aromatic heterocycles. The number of nitriles is 1. The number of aromatic hydroxyl groups is 1. The molecule has 2 aromatic rings. The quantitative estimate of drug-likeness (QED) is 0.832. The number of phenols is 1. The Morgan fingerprint density at radius 3 is 2.62 bits per heavy atom. The zero-order valence-electron chi connectivity index (χ0n) is 15.9. The molecule has 2 atom stereocenters. The Balaban J connectivity index is 1.81. The van der Waals surface area contributed by atoms with Gasteiger partial charge in [-0.1, -0.05) is 36.4 Å². The van der Waals surface area contributed by atoms with E-state index in [-0.39, 0.29) is 34.7 Å². The van der Waals surface area contributed by atoms with Crippen LogP contribution in [0, 0.1) is 11.3 Å². The van der Waals surface area contributed by atoms with Gasteiger partial charge in [0.2, 0.25) is 5.88 Å². The van der Waals surface area contributed by atoms with E-state index in [9.17, 15) is 15.2 Å². The average molecular weight is 388 g/mol.